The zero-order chi connectivity index (χ0) is 12.4. The first-order valence-corrected chi connectivity index (χ1v) is 5.63. The second kappa shape index (κ2) is 4.58. The van der Waals surface area contributed by atoms with Gasteiger partial charge in [0, 0.05) is 5.56 Å². The summed E-state index contributed by atoms with van der Waals surface area (Å²) in [6, 6.07) is 12.9. The molecule has 0 spiro atoms. The fourth-order valence-electron chi connectivity index (χ4n) is 1.83. The Morgan fingerprint density at radius 1 is 1.06 bits per heavy atom. The minimum atomic E-state index is -0.112. The summed E-state index contributed by atoms with van der Waals surface area (Å²) in [5.74, 6) is 2.39. The van der Waals surface area contributed by atoms with E-state index in [1.807, 2.05) is 30.3 Å². The van der Waals surface area contributed by atoms with Gasteiger partial charge in [0.15, 0.2) is 11.5 Å². The van der Waals surface area contributed by atoms with Crippen LogP contribution in [0.25, 0.3) is 0 Å². The summed E-state index contributed by atoms with van der Waals surface area (Å²) in [6.07, 6.45) is 0. The van der Waals surface area contributed by atoms with Gasteiger partial charge < -0.3 is 19.3 Å². The molecule has 0 atom stereocenters. The van der Waals surface area contributed by atoms with Crippen LogP contribution >= 0.6 is 0 Å². The molecule has 0 aliphatic carbocycles. The zero-order valence-corrected chi connectivity index (χ0v) is 9.63. The van der Waals surface area contributed by atoms with Crippen molar-refractivity contribution in [2.75, 3.05) is 6.79 Å². The molecule has 0 saturated heterocycles. The molecule has 0 bridgehead atoms. The Hall–Kier alpha value is -2.20. The predicted octanol–water partition coefficient (Wildman–Crippen LogP) is 2.70. The van der Waals surface area contributed by atoms with Gasteiger partial charge in [-0.1, -0.05) is 18.2 Å². The third-order valence-electron chi connectivity index (χ3n) is 2.71. The van der Waals surface area contributed by atoms with Crippen molar-refractivity contribution in [2.24, 2.45) is 0 Å². The molecule has 2 aromatic rings. The molecular formula is C14H12O4. The molecule has 0 amide bonds. The molecule has 4 heteroatoms. The fraction of sp³-hybridized carbons (Fsp3) is 0.143. The maximum absolute atomic E-state index is 9.35. The highest BCUT2D eigenvalue weighted by molar-refractivity contribution is 5.58. The van der Waals surface area contributed by atoms with Crippen LogP contribution < -0.4 is 14.2 Å². The Morgan fingerprint density at radius 2 is 1.89 bits per heavy atom. The van der Waals surface area contributed by atoms with Crippen molar-refractivity contribution in [2.45, 2.75) is 6.61 Å². The van der Waals surface area contributed by atoms with E-state index in [4.69, 9.17) is 14.2 Å². The highest BCUT2D eigenvalue weighted by Crippen LogP contribution is 2.44. The van der Waals surface area contributed by atoms with Gasteiger partial charge >= 0.3 is 0 Å². The van der Waals surface area contributed by atoms with E-state index in [0.29, 0.717) is 28.6 Å². The van der Waals surface area contributed by atoms with Crippen molar-refractivity contribution in [1.29, 1.82) is 0 Å². The third kappa shape index (κ3) is 1.87. The van der Waals surface area contributed by atoms with Gasteiger partial charge in [-0.25, -0.2) is 0 Å². The number of rotatable bonds is 3. The van der Waals surface area contributed by atoms with Gasteiger partial charge in [0.05, 0.1) is 6.61 Å². The number of hydrogen-bond donors (Lipinski definition) is 1. The van der Waals surface area contributed by atoms with Crippen molar-refractivity contribution in [3.63, 3.8) is 0 Å². The van der Waals surface area contributed by atoms with Crippen LogP contribution in [-0.4, -0.2) is 11.9 Å². The van der Waals surface area contributed by atoms with Gasteiger partial charge in [-0.3, -0.25) is 0 Å². The van der Waals surface area contributed by atoms with Crippen LogP contribution in [0.1, 0.15) is 5.56 Å². The number of ether oxygens (including phenoxy) is 3. The van der Waals surface area contributed by atoms with E-state index in [1.165, 1.54) is 0 Å². The maximum Gasteiger partial charge on any atom is 0.231 e. The number of aliphatic hydroxyl groups is 1. The first-order valence-electron chi connectivity index (χ1n) is 5.63. The zero-order valence-electron chi connectivity index (χ0n) is 9.63. The van der Waals surface area contributed by atoms with Gasteiger partial charge in [0.1, 0.15) is 5.75 Å². The lowest BCUT2D eigenvalue weighted by atomic mass is 10.2. The average Bonchev–Trinajstić information content (AvgIpc) is 2.89. The molecule has 18 heavy (non-hydrogen) atoms. The molecule has 92 valence electrons. The van der Waals surface area contributed by atoms with Gasteiger partial charge in [-0.15, -0.1) is 0 Å². The second-order valence-corrected chi connectivity index (χ2v) is 3.86. The van der Waals surface area contributed by atoms with Gasteiger partial charge in [0.25, 0.3) is 0 Å². The van der Waals surface area contributed by atoms with Crippen LogP contribution in [0.3, 0.4) is 0 Å². The molecule has 0 saturated carbocycles. The molecule has 2 aromatic carbocycles. The van der Waals surface area contributed by atoms with E-state index in [9.17, 15) is 5.11 Å². The number of hydrogen-bond acceptors (Lipinski definition) is 4. The minimum absolute atomic E-state index is 0.112. The number of para-hydroxylation sites is 1. The van der Waals surface area contributed by atoms with Crippen molar-refractivity contribution in [3.05, 3.63) is 48.0 Å². The molecular weight excluding hydrogens is 232 g/mol. The molecule has 4 nitrogen and oxygen atoms in total. The Morgan fingerprint density at radius 3 is 2.67 bits per heavy atom. The molecule has 1 aliphatic rings. The minimum Gasteiger partial charge on any atom is -0.453 e. The maximum atomic E-state index is 9.35. The van der Waals surface area contributed by atoms with E-state index in [0.717, 1.165) is 0 Å². The van der Waals surface area contributed by atoms with Crippen LogP contribution in [0.15, 0.2) is 42.5 Å². The summed E-state index contributed by atoms with van der Waals surface area (Å²) in [6.45, 7) is 0.0637. The first kappa shape index (κ1) is 10.9. The summed E-state index contributed by atoms with van der Waals surface area (Å²) in [5.41, 5.74) is 0.670. The van der Waals surface area contributed by atoms with Crippen molar-refractivity contribution in [3.8, 4) is 23.0 Å². The predicted molar refractivity (Wildman–Crippen MR) is 65.0 cm³/mol. The molecule has 0 unspecified atom stereocenters. The number of aliphatic hydroxyl groups excluding tert-OH is 1. The van der Waals surface area contributed by atoms with Crippen molar-refractivity contribution >= 4 is 0 Å². The third-order valence-corrected chi connectivity index (χ3v) is 2.71. The smallest absolute Gasteiger partial charge is 0.231 e. The van der Waals surface area contributed by atoms with E-state index in [-0.39, 0.29) is 13.4 Å². The van der Waals surface area contributed by atoms with Crippen LogP contribution in [0.2, 0.25) is 0 Å². The van der Waals surface area contributed by atoms with Gasteiger partial charge in [-0.2, -0.15) is 0 Å². The summed E-state index contributed by atoms with van der Waals surface area (Å²) < 4.78 is 16.5. The standard InChI is InChI=1S/C14H12O4/c15-8-10-6-7-12-14(17-9-16-12)13(10)18-11-4-2-1-3-5-11/h1-7,15H,8-9H2. The van der Waals surface area contributed by atoms with Crippen LogP contribution in [0.5, 0.6) is 23.0 Å². The van der Waals surface area contributed by atoms with Crippen molar-refractivity contribution < 1.29 is 19.3 Å². The molecule has 3 rings (SSSR count). The van der Waals surface area contributed by atoms with Gasteiger partial charge in [-0.05, 0) is 24.3 Å². The molecule has 1 aliphatic heterocycles. The number of benzene rings is 2. The Kier molecular flexibility index (Phi) is 2.78. The van der Waals surface area contributed by atoms with Crippen LogP contribution in [0, 0.1) is 0 Å². The SMILES string of the molecule is OCc1ccc2c(c1Oc1ccccc1)OCO2. The first-order chi connectivity index (χ1) is 8.88. The lowest BCUT2D eigenvalue weighted by molar-refractivity contribution is 0.171. The molecule has 1 N–H and O–H groups in total. The summed E-state index contributed by atoms with van der Waals surface area (Å²) >= 11 is 0. The van der Waals surface area contributed by atoms with E-state index >= 15 is 0 Å². The Labute approximate surface area is 104 Å². The topological polar surface area (TPSA) is 47.9 Å². The lowest BCUT2D eigenvalue weighted by Crippen LogP contribution is -1.95. The van der Waals surface area contributed by atoms with Crippen LogP contribution in [0.4, 0.5) is 0 Å². The molecule has 1 heterocycles. The average molecular weight is 244 g/mol. The Balaban J connectivity index is 2.02. The fourth-order valence-corrected chi connectivity index (χ4v) is 1.83. The lowest BCUT2D eigenvalue weighted by Gasteiger charge is -2.12. The highest BCUT2D eigenvalue weighted by Gasteiger charge is 2.22. The van der Waals surface area contributed by atoms with E-state index in [1.54, 1.807) is 12.1 Å². The van der Waals surface area contributed by atoms with Gasteiger partial charge in [0.2, 0.25) is 12.5 Å². The molecule has 0 fully saturated rings. The normalized spacial score (nSPS) is 12.5. The van der Waals surface area contributed by atoms with E-state index < -0.39 is 0 Å². The van der Waals surface area contributed by atoms with Crippen LogP contribution in [-0.2, 0) is 6.61 Å². The quantitative estimate of drug-likeness (QED) is 0.901. The Bertz CT molecular complexity index is 551. The largest absolute Gasteiger partial charge is 0.453 e. The summed E-state index contributed by atoms with van der Waals surface area (Å²) in [4.78, 5) is 0. The monoisotopic (exact) mass is 244 g/mol. The van der Waals surface area contributed by atoms with Crippen molar-refractivity contribution in [1.82, 2.24) is 0 Å². The highest BCUT2D eigenvalue weighted by atomic mass is 16.7. The molecule has 0 radical (unpaired) electrons. The summed E-state index contributed by atoms with van der Waals surface area (Å²) in [7, 11) is 0. The van der Waals surface area contributed by atoms with E-state index in [2.05, 4.69) is 0 Å². The second-order valence-electron chi connectivity index (χ2n) is 3.86. The number of fused-ring (bicyclic) bond motifs is 1. The summed E-state index contributed by atoms with van der Waals surface area (Å²) in [5, 5.41) is 9.35. The molecule has 0 aromatic heterocycles.